The molecule has 10 nitrogen and oxygen atoms in total. The van der Waals surface area contributed by atoms with Crippen molar-refractivity contribution in [2.75, 3.05) is 26.4 Å². The lowest BCUT2D eigenvalue weighted by molar-refractivity contribution is -0.152. The van der Waals surface area contributed by atoms with E-state index in [1.165, 1.54) is 193 Å². The highest BCUT2D eigenvalue weighted by Crippen LogP contribution is 2.44. The molecule has 0 aliphatic rings. The first kappa shape index (κ1) is 62.5. The van der Waals surface area contributed by atoms with Crippen LogP contribution in [0.2, 0.25) is 0 Å². The summed E-state index contributed by atoms with van der Waals surface area (Å²) < 4.78 is 34.3. The van der Waals surface area contributed by atoms with Crippen LogP contribution >= 0.6 is 7.82 Å². The Hall–Kier alpha value is -1.48. The van der Waals surface area contributed by atoms with Gasteiger partial charge in [0.1, 0.15) is 19.3 Å². The third kappa shape index (κ3) is 48.5. The fourth-order valence-corrected chi connectivity index (χ4v) is 9.04. The van der Waals surface area contributed by atoms with E-state index in [1.807, 2.05) is 0 Å². The Kier molecular flexibility index (Phi) is 48.3. The van der Waals surface area contributed by atoms with Gasteiger partial charge < -0.3 is 19.7 Å². The third-order valence-electron chi connectivity index (χ3n) is 12.3. The maximum atomic E-state index is 12.9. The van der Waals surface area contributed by atoms with Crippen LogP contribution in [0.25, 0.3) is 0 Å². The first-order valence-electron chi connectivity index (χ1n) is 27.5. The van der Waals surface area contributed by atoms with Gasteiger partial charge in [0.15, 0.2) is 0 Å². The number of esters is 2. The van der Waals surface area contributed by atoms with E-state index in [4.69, 9.17) is 18.5 Å². The number of phosphoric ester groups is 1. The molecule has 380 valence electrons. The van der Waals surface area contributed by atoms with Crippen LogP contribution in [0.5, 0.6) is 0 Å². The van der Waals surface area contributed by atoms with Crippen LogP contribution in [0.15, 0.2) is 0 Å². The Labute approximate surface area is 395 Å². The molecule has 0 radical (unpaired) electrons. The van der Waals surface area contributed by atoms with Crippen LogP contribution in [0.3, 0.4) is 0 Å². The molecule has 0 heterocycles. The van der Waals surface area contributed by atoms with E-state index >= 15 is 0 Å². The lowest BCUT2D eigenvalue weighted by Crippen LogP contribution is -2.29. The molecule has 0 fully saturated rings. The van der Waals surface area contributed by atoms with Gasteiger partial charge in [-0.1, -0.05) is 252 Å². The highest BCUT2D eigenvalue weighted by Gasteiger charge is 2.29. The minimum absolute atomic E-state index is 0.0536. The lowest BCUT2D eigenvalue weighted by atomic mass is 10.0. The van der Waals surface area contributed by atoms with Crippen LogP contribution in [-0.2, 0) is 37.5 Å². The number of phosphoric acid groups is 1. The molecular weight excluding hydrogens is 826 g/mol. The number of hydrogen-bond acceptors (Lipinski definition) is 8. The predicted octanol–water partition coefficient (Wildman–Crippen LogP) is 16.1. The topological polar surface area (TPSA) is 137 Å². The summed E-state index contributed by atoms with van der Waals surface area (Å²) in [6.07, 6.45) is 47.3. The van der Waals surface area contributed by atoms with Gasteiger partial charge in [-0.3, -0.25) is 23.4 Å². The van der Waals surface area contributed by atoms with Gasteiger partial charge in [0, 0.05) is 25.8 Å². The molecule has 0 saturated carbocycles. The van der Waals surface area contributed by atoms with Crippen molar-refractivity contribution in [1.82, 2.24) is 5.32 Å². The van der Waals surface area contributed by atoms with Crippen molar-refractivity contribution in [3.63, 3.8) is 0 Å². The molecule has 1 atom stereocenters. The summed E-state index contributed by atoms with van der Waals surface area (Å²) >= 11 is 0. The van der Waals surface area contributed by atoms with Crippen LogP contribution in [0.1, 0.15) is 290 Å². The van der Waals surface area contributed by atoms with E-state index in [2.05, 4.69) is 26.1 Å². The van der Waals surface area contributed by atoms with Gasteiger partial charge in [0.2, 0.25) is 5.91 Å². The van der Waals surface area contributed by atoms with Crippen molar-refractivity contribution in [2.45, 2.75) is 297 Å². The number of carbonyl (C=O) groups is 3. The Bertz CT molecular complexity index is 1030. The molecule has 0 aromatic carbocycles. The molecule has 0 saturated heterocycles. The summed E-state index contributed by atoms with van der Waals surface area (Å²) in [5.41, 5.74) is 0. The average Bonchev–Trinajstić information content (AvgIpc) is 3.28. The number of hydrogen-bond donors (Lipinski definition) is 2. The van der Waals surface area contributed by atoms with Gasteiger partial charge in [-0.25, -0.2) is 4.57 Å². The predicted molar refractivity (Wildman–Crippen MR) is 267 cm³/mol. The zero-order valence-corrected chi connectivity index (χ0v) is 43.2. The first-order chi connectivity index (χ1) is 31.2. The summed E-state index contributed by atoms with van der Waals surface area (Å²) in [6.45, 7) is 5.89. The van der Waals surface area contributed by atoms with Crippen molar-refractivity contribution in [3.8, 4) is 0 Å². The molecule has 0 spiro atoms. The number of nitrogens with one attached hydrogen (secondary N) is 1. The van der Waals surface area contributed by atoms with Gasteiger partial charge in [-0.2, -0.15) is 0 Å². The van der Waals surface area contributed by atoms with Gasteiger partial charge in [-0.15, -0.1) is 0 Å². The number of ether oxygens (including phenoxy) is 2. The number of amides is 1. The zero-order chi connectivity index (χ0) is 46.9. The summed E-state index contributed by atoms with van der Waals surface area (Å²) in [7, 11) is -4.62. The van der Waals surface area contributed by atoms with Gasteiger partial charge in [0.05, 0.1) is 6.61 Å². The first-order valence-corrected chi connectivity index (χ1v) is 29.0. The molecule has 0 bridgehead atoms. The van der Waals surface area contributed by atoms with Gasteiger partial charge >= 0.3 is 19.8 Å². The minimum atomic E-state index is -4.62. The van der Waals surface area contributed by atoms with E-state index in [1.54, 1.807) is 0 Å². The van der Waals surface area contributed by atoms with E-state index in [9.17, 15) is 23.8 Å². The molecular formula is C53H104NO9P. The Morgan fingerprint density at radius 3 is 0.984 bits per heavy atom. The Balaban J connectivity index is 4.49. The summed E-state index contributed by atoms with van der Waals surface area (Å²) in [5.74, 6) is -0.964. The molecule has 0 aromatic heterocycles. The Morgan fingerprint density at radius 1 is 0.422 bits per heavy atom. The molecule has 11 heteroatoms. The number of carbonyl (C=O) groups excluding carboxylic acids is 3. The number of unbranched alkanes of at least 4 members (excludes halogenated alkanes) is 36. The van der Waals surface area contributed by atoms with Crippen molar-refractivity contribution >= 4 is 25.7 Å². The fourth-order valence-electron chi connectivity index (χ4n) is 8.16. The summed E-state index contributed by atoms with van der Waals surface area (Å²) in [4.78, 5) is 48.0. The van der Waals surface area contributed by atoms with Crippen LogP contribution in [0, 0.1) is 0 Å². The molecule has 1 amide bonds. The van der Waals surface area contributed by atoms with E-state index in [0.29, 0.717) is 19.3 Å². The summed E-state index contributed by atoms with van der Waals surface area (Å²) in [5, 5.41) is 2.74. The molecule has 0 aliphatic carbocycles. The molecule has 0 aromatic rings. The zero-order valence-electron chi connectivity index (χ0n) is 42.3. The van der Waals surface area contributed by atoms with Gasteiger partial charge in [0.25, 0.3) is 0 Å². The minimum Gasteiger partial charge on any atom is -0.463 e. The van der Waals surface area contributed by atoms with Gasteiger partial charge in [-0.05, 0) is 19.3 Å². The average molecular weight is 930 g/mol. The van der Waals surface area contributed by atoms with Crippen LogP contribution in [0.4, 0.5) is 0 Å². The third-order valence-corrected chi connectivity index (χ3v) is 13.4. The molecule has 2 N–H and O–H groups in total. The largest absolute Gasteiger partial charge is 0.472 e. The van der Waals surface area contributed by atoms with Crippen molar-refractivity contribution in [3.05, 3.63) is 0 Å². The van der Waals surface area contributed by atoms with E-state index in [-0.39, 0.29) is 45.1 Å². The lowest BCUT2D eigenvalue weighted by Gasteiger charge is -2.21. The Morgan fingerprint density at radius 2 is 0.688 bits per heavy atom. The van der Waals surface area contributed by atoms with E-state index in [0.717, 1.165) is 44.9 Å². The number of rotatable bonds is 52. The molecule has 0 rings (SSSR count). The monoisotopic (exact) mass is 930 g/mol. The summed E-state index contributed by atoms with van der Waals surface area (Å²) in [6, 6.07) is 0. The highest BCUT2D eigenvalue weighted by atomic mass is 31.2. The second kappa shape index (κ2) is 49.4. The van der Waals surface area contributed by atoms with Crippen LogP contribution in [-0.4, -0.2) is 55.2 Å². The molecule has 0 aliphatic heterocycles. The van der Waals surface area contributed by atoms with Crippen molar-refractivity contribution < 1.29 is 42.4 Å². The SMILES string of the molecule is CCCCCCCCCCCCCCCC(=O)NCCOP(=O)(O)OC(COC(=O)CCCCCCCCCCCCCCC)COC(=O)CCCCCCCCCCCCCCC. The van der Waals surface area contributed by atoms with Crippen molar-refractivity contribution in [2.24, 2.45) is 0 Å². The fraction of sp³-hybridized carbons (Fsp3) is 0.943. The second-order valence-corrected chi connectivity index (χ2v) is 20.1. The van der Waals surface area contributed by atoms with Crippen LogP contribution < -0.4 is 5.32 Å². The highest BCUT2D eigenvalue weighted by molar-refractivity contribution is 7.47. The molecule has 64 heavy (non-hydrogen) atoms. The van der Waals surface area contributed by atoms with E-state index < -0.39 is 25.9 Å². The normalized spacial score (nSPS) is 12.5. The van der Waals surface area contributed by atoms with Crippen molar-refractivity contribution in [1.29, 1.82) is 0 Å². The quantitative estimate of drug-likeness (QED) is 0.0347. The standard InChI is InChI=1S/C53H104NO9P/c1-4-7-10-13-16-19-22-25-28-31-34-37-40-43-51(55)54-46-47-62-64(58,59)63-50(48-60-52(56)44-41-38-35-32-29-26-23-20-17-14-11-8-5-2)49-61-53(57)45-42-39-36-33-30-27-24-21-18-15-12-9-6-3/h50H,4-49H2,1-3H3,(H,54,55)(H,58,59). The molecule has 1 unspecified atom stereocenters. The smallest absolute Gasteiger partial charge is 0.463 e. The maximum Gasteiger partial charge on any atom is 0.472 e. The maximum absolute atomic E-state index is 12.9. The second-order valence-electron chi connectivity index (χ2n) is 18.7.